The van der Waals surface area contributed by atoms with Crippen molar-refractivity contribution >= 4 is 54.9 Å². The van der Waals surface area contributed by atoms with E-state index in [0.29, 0.717) is 26.1 Å². The summed E-state index contributed by atoms with van der Waals surface area (Å²) in [5.74, 6) is -0.0593. The molecule has 2 rings (SSSR count). The molecular weight excluding hydrogens is 344 g/mol. The van der Waals surface area contributed by atoms with Crippen LogP contribution >= 0.6 is 38.9 Å². The first kappa shape index (κ1) is 13.5. The number of thiophene rings is 1. The third-order valence-electron chi connectivity index (χ3n) is 2.39. The molecular formula is C11H8BrClO4S. The zero-order valence-corrected chi connectivity index (χ0v) is 12.6. The van der Waals surface area contributed by atoms with Crippen molar-refractivity contribution in [2.24, 2.45) is 0 Å². The van der Waals surface area contributed by atoms with Crippen LogP contribution in [0.3, 0.4) is 0 Å². The molecule has 0 unspecified atom stereocenters. The van der Waals surface area contributed by atoms with E-state index in [1.54, 1.807) is 6.07 Å². The second-order valence-corrected chi connectivity index (χ2v) is 5.60. The van der Waals surface area contributed by atoms with Gasteiger partial charge in [-0.2, -0.15) is 0 Å². The van der Waals surface area contributed by atoms with E-state index in [0.717, 1.165) is 11.3 Å². The Bertz CT molecular complexity index is 638. The van der Waals surface area contributed by atoms with Crippen molar-refractivity contribution in [3.63, 3.8) is 0 Å². The molecule has 18 heavy (non-hydrogen) atoms. The predicted octanol–water partition coefficient (Wildman–Crippen LogP) is 4.03. The molecule has 0 saturated carbocycles. The van der Waals surface area contributed by atoms with Gasteiger partial charge in [0.2, 0.25) is 0 Å². The molecule has 0 amide bonds. The number of carboxylic acids is 1. The second kappa shape index (κ2) is 4.95. The van der Waals surface area contributed by atoms with Crippen LogP contribution < -0.4 is 9.47 Å². The first-order chi connectivity index (χ1) is 8.51. The Balaban J connectivity index is 2.91. The monoisotopic (exact) mass is 350 g/mol. The molecule has 0 bridgehead atoms. The maximum Gasteiger partial charge on any atom is 0.347 e. The summed E-state index contributed by atoms with van der Waals surface area (Å²) in [5.41, 5.74) is 0. The minimum absolute atomic E-state index is 0.0823. The van der Waals surface area contributed by atoms with E-state index in [1.807, 2.05) is 0 Å². The summed E-state index contributed by atoms with van der Waals surface area (Å²) < 4.78 is 11.8. The Kier molecular flexibility index (Phi) is 3.70. The third kappa shape index (κ3) is 1.94. The minimum Gasteiger partial charge on any atom is -0.493 e. The quantitative estimate of drug-likeness (QED) is 0.907. The Hall–Kier alpha value is -0.980. The molecule has 0 saturated heterocycles. The van der Waals surface area contributed by atoms with Crippen molar-refractivity contribution in [3.8, 4) is 11.5 Å². The molecule has 1 heterocycles. The van der Waals surface area contributed by atoms with Crippen LogP contribution in [0.15, 0.2) is 10.5 Å². The Morgan fingerprint density at radius 3 is 2.61 bits per heavy atom. The lowest BCUT2D eigenvalue weighted by Crippen LogP contribution is -1.91. The van der Waals surface area contributed by atoms with Gasteiger partial charge in [-0.15, -0.1) is 11.3 Å². The van der Waals surface area contributed by atoms with Crippen LogP contribution in [0.5, 0.6) is 11.5 Å². The molecule has 0 atom stereocenters. The van der Waals surface area contributed by atoms with Crippen LogP contribution in [0.2, 0.25) is 5.02 Å². The zero-order chi connectivity index (χ0) is 13.4. The van der Waals surface area contributed by atoms with E-state index in [9.17, 15) is 4.79 Å². The highest BCUT2D eigenvalue weighted by atomic mass is 79.9. The van der Waals surface area contributed by atoms with E-state index < -0.39 is 5.97 Å². The first-order valence-corrected chi connectivity index (χ1v) is 6.75. The number of hydrogen-bond acceptors (Lipinski definition) is 4. The van der Waals surface area contributed by atoms with Gasteiger partial charge < -0.3 is 14.6 Å². The number of rotatable bonds is 3. The smallest absolute Gasteiger partial charge is 0.347 e. The fraction of sp³-hybridized carbons (Fsp3) is 0.182. The Labute approximate surface area is 120 Å². The van der Waals surface area contributed by atoms with E-state index in [-0.39, 0.29) is 9.90 Å². The molecule has 0 aliphatic heterocycles. The summed E-state index contributed by atoms with van der Waals surface area (Å²) >= 11 is 10.5. The summed E-state index contributed by atoms with van der Waals surface area (Å²) in [5, 5.41) is 9.91. The summed E-state index contributed by atoms with van der Waals surface area (Å²) in [7, 11) is 3.02. The van der Waals surface area contributed by atoms with Gasteiger partial charge >= 0.3 is 5.97 Å². The molecule has 0 aliphatic carbocycles. The maximum absolute atomic E-state index is 11.1. The lowest BCUT2D eigenvalue weighted by atomic mass is 10.2. The summed E-state index contributed by atoms with van der Waals surface area (Å²) in [4.78, 5) is 11.2. The number of ether oxygens (including phenoxy) is 2. The second-order valence-electron chi connectivity index (χ2n) is 3.35. The van der Waals surface area contributed by atoms with Gasteiger partial charge in [0.1, 0.15) is 4.88 Å². The Morgan fingerprint density at radius 1 is 1.44 bits per heavy atom. The standard InChI is InChI=1S/C11H8BrClO4S/c1-16-5-3-4(12)6-7(13)10(11(14)15)18-9(6)8(5)17-2/h3H,1-2H3,(H,14,15). The van der Waals surface area contributed by atoms with E-state index >= 15 is 0 Å². The van der Waals surface area contributed by atoms with Crippen LogP contribution in [-0.2, 0) is 0 Å². The topological polar surface area (TPSA) is 55.8 Å². The van der Waals surface area contributed by atoms with Gasteiger partial charge in [0.25, 0.3) is 0 Å². The van der Waals surface area contributed by atoms with Gasteiger partial charge in [-0.1, -0.05) is 11.6 Å². The molecule has 0 radical (unpaired) electrons. The average Bonchev–Trinajstić information content (AvgIpc) is 2.67. The lowest BCUT2D eigenvalue weighted by molar-refractivity contribution is 0.0702. The first-order valence-electron chi connectivity index (χ1n) is 4.77. The van der Waals surface area contributed by atoms with Crippen LogP contribution in [0.25, 0.3) is 10.1 Å². The highest BCUT2D eigenvalue weighted by molar-refractivity contribution is 9.10. The lowest BCUT2D eigenvalue weighted by Gasteiger charge is -2.09. The highest BCUT2D eigenvalue weighted by Gasteiger charge is 2.23. The van der Waals surface area contributed by atoms with Gasteiger partial charge in [0.15, 0.2) is 11.5 Å². The van der Waals surface area contributed by atoms with E-state index in [4.69, 9.17) is 26.2 Å². The number of carboxylic acid groups (broad SMARTS) is 1. The van der Waals surface area contributed by atoms with Gasteiger partial charge in [-0.3, -0.25) is 0 Å². The third-order valence-corrected chi connectivity index (χ3v) is 4.69. The fourth-order valence-electron chi connectivity index (χ4n) is 1.63. The molecule has 7 heteroatoms. The maximum atomic E-state index is 11.1. The number of carbonyl (C=O) groups is 1. The SMILES string of the molecule is COc1cc(Br)c2c(Cl)c(C(=O)O)sc2c1OC. The van der Waals surface area contributed by atoms with Crippen molar-refractivity contribution in [1.29, 1.82) is 0 Å². The largest absolute Gasteiger partial charge is 0.493 e. The van der Waals surface area contributed by atoms with E-state index in [1.165, 1.54) is 14.2 Å². The number of benzene rings is 1. The number of fused-ring (bicyclic) bond motifs is 1. The number of aromatic carboxylic acids is 1. The summed E-state index contributed by atoms with van der Waals surface area (Å²) in [6.07, 6.45) is 0. The molecule has 2 aromatic rings. The molecule has 4 nitrogen and oxygen atoms in total. The Morgan fingerprint density at radius 2 is 2.11 bits per heavy atom. The van der Waals surface area contributed by atoms with Crippen molar-refractivity contribution < 1.29 is 19.4 Å². The van der Waals surface area contributed by atoms with Crippen molar-refractivity contribution in [2.75, 3.05) is 14.2 Å². The molecule has 0 fully saturated rings. The molecule has 1 aromatic carbocycles. The van der Waals surface area contributed by atoms with Crippen LogP contribution in [-0.4, -0.2) is 25.3 Å². The molecule has 1 N–H and O–H groups in total. The predicted molar refractivity (Wildman–Crippen MR) is 74.6 cm³/mol. The van der Waals surface area contributed by atoms with Crippen LogP contribution in [0.1, 0.15) is 9.67 Å². The van der Waals surface area contributed by atoms with Gasteiger partial charge in [0.05, 0.1) is 23.9 Å². The van der Waals surface area contributed by atoms with E-state index in [2.05, 4.69) is 15.9 Å². The average molecular weight is 352 g/mol. The van der Waals surface area contributed by atoms with Gasteiger partial charge in [0, 0.05) is 9.86 Å². The molecule has 96 valence electrons. The van der Waals surface area contributed by atoms with Crippen LogP contribution in [0.4, 0.5) is 0 Å². The number of methoxy groups -OCH3 is 2. The van der Waals surface area contributed by atoms with Crippen molar-refractivity contribution in [1.82, 2.24) is 0 Å². The summed E-state index contributed by atoms with van der Waals surface area (Å²) in [6, 6.07) is 1.70. The van der Waals surface area contributed by atoms with Crippen molar-refractivity contribution in [3.05, 3.63) is 20.4 Å². The number of hydrogen-bond donors (Lipinski definition) is 1. The van der Waals surface area contributed by atoms with Crippen molar-refractivity contribution in [2.45, 2.75) is 0 Å². The molecule has 1 aromatic heterocycles. The molecule has 0 aliphatic rings. The fourth-order valence-corrected chi connectivity index (χ4v) is 4.00. The van der Waals surface area contributed by atoms with Gasteiger partial charge in [-0.25, -0.2) is 4.79 Å². The molecule has 0 spiro atoms. The van der Waals surface area contributed by atoms with Crippen LogP contribution in [0, 0.1) is 0 Å². The highest BCUT2D eigenvalue weighted by Crippen LogP contribution is 2.48. The number of halogens is 2. The normalized spacial score (nSPS) is 10.7. The zero-order valence-electron chi connectivity index (χ0n) is 9.41. The minimum atomic E-state index is -1.06. The van der Waals surface area contributed by atoms with Gasteiger partial charge in [-0.05, 0) is 22.0 Å². The summed E-state index contributed by atoms with van der Waals surface area (Å²) in [6.45, 7) is 0.